The molecule has 1 amide bonds. The normalized spacial score (nSPS) is 12.7. The number of amides is 1. The summed E-state index contributed by atoms with van der Waals surface area (Å²) in [6.07, 6.45) is 2.05. The van der Waals surface area contributed by atoms with Crippen LogP contribution in [0.1, 0.15) is 16.7 Å². The lowest BCUT2D eigenvalue weighted by atomic mass is 9.88. The van der Waals surface area contributed by atoms with E-state index < -0.39 is 0 Å². The molecule has 1 heterocycles. The Morgan fingerprint density at radius 3 is 1.94 bits per heavy atom. The lowest BCUT2D eigenvalue weighted by molar-refractivity contribution is -0.131. The number of benzene rings is 4. The van der Waals surface area contributed by atoms with Crippen LogP contribution < -0.4 is 9.47 Å². The van der Waals surface area contributed by atoms with E-state index in [-0.39, 0.29) is 12.3 Å². The van der Waals surface area contributed by atoms with Gasteiger partial charge in [-0.25, -0.2) is 5.01 Å². The lowest BCUT2D eigenvalue weighted by Gasteiger charge is -2.18. The molecular weight excluding hydrogens is 436 g/mol. The monoisotopic (exact) mass is 462 g/mol. The second-order valence-corrected chi connectivity index (χ2v) is 8.36. The molecule has 5 rings (SSSR count). The third-order valence-corrected chi connectivity index (χ3v) is 6.21. The van der Waals surface area contributed by atoms with Gasteiger partial charge in [0.05, 0.1) is 33.4 Å². The second kappa shape index (κ2) is 9.85. The molecule has 5 heteroatoms. The Balaban J connectivity index is 1.65. The van der Waals surface area contributed by atoms with Crippen molar-refractivity contribution >= 4 is 12.1 Å². The first-order chi connectivity index (χ1) is 17.2. The van der Waals surface area contributed by atoms with E-state index in [1.807, 2.05) is 78.9 Å². The van der Waals surface area contributed by atoms with Crippen molar-refractivity contribution in [1.29, 1.82) is 0 Å². The molecule has 0 bridgehead atoms. The van der Waals surface area contributed by atoms with Crippen LogP contribution in [0.15, 0.2) is 96.1 Å². The van der Waals surface area contributed by atoms with Gasteiger partial charge in [0.25, 0.3) is 0 Å². The highest BCUT2D eigenvalue weighted by Gasteiger charge is 2.23. The van der Waals surface area contributed by atoms with Crippen LogP contribution >= 0.6 is 0 Å². The summed E-state index contributed by atoms with van der Waals surface area (Å²) >= 11 is 0. The average molecular weight is 463 g/mol. The van der Waals surface area contributed by atoms with Crippen molar-refractivity contribution < 1.29 is 14.3 Å². The van der Waals surface area contributed by atoms with Crippen LogP contribution in [0, 0.1) is 0 Å². The quantitative estimate of drug-likeness (QED) is 0.355. The molecule has 4 aromatic carbocycles. The summed E-state index contributed by atoms with van der Waals surface area (Å²) in [5, 5.41) is 6.10. The van der Waals surface area contributed by atoms with Crippen LogP contribution in [0.4, 0.5) is 0 Å². The molecule has 0 aromatic heterocycles. The van der Waals surface area contributed by atoms with Crippen LogP contribution in [-0.2, 0) is 17.8 Å². The van der Waals surface area contributed by atoms with E-state index in [0.717, 1.165) is 50.4 Å². The summed E-state index contributed by atoms with van der Waals surface area (Å²) in [7, 11) is 3.34. The van der Waals surface area contributed by atoms with Crippen LogP contribution in [-0.4, -0.2) is 31.4 Å². The summed E-state index contributed by atoms with van der Waals surface area (Å²) in [5.74, 6) is 1.50. The van der Waals surface area contributed by atoms with Crippen LogP contribution in [0.25, 0.3) is 22.3 Å². The number of hydrazone groups is 1. The molecule has 0 saturated heterocycles. The highest BCUT2D eigenvalue weighted by molar-refractivity contribution is 5.96. The van der Waals surface area contributed by atoms with Gasteiger partial charge in [-0.2, -0.15) is 5.10 Å². The minimum Gasteiger partial charge on any atom is -0.496 e. The van der Waals surface area contributed by atoms with E-state index in [4.69, 9.17) is 9.47 Å². The second-order valence-electron chi connectivity index (χ2n) is 8.36. The topological polar surface area (TPSA) is 51.1 Å². The van der Waals surface area contributed by atoms with E-state index in [2.05, 4.69) is 17.2 Å². The van der Waals surface area contributed by atoms with Gasteiger partial charge >= 0.3 is 0 Å². The zero-order valence-electron chi connectivity index (χ0n) is 19.8. The number of ether oxygens (including phenoxy) is 2. The highest BCUT2D eigenvalue weighted by Crippen LogP contribution is 2.42. The number of hydrogen-bond donors (Lipinski definition) is 0. The molecule has 4 aromatic rings. The van der Waals surface area contributed by atoms with Crippen molar-refractivity contribution in [2.24, 2.45) is 5.10 Å². The third-order valence-electron chi connectivity index (χ3n) is 6.21. The molecule has 0 unspecified atom stereocenters. The zero-order valence-corrected chi connectivity index (χ0v) is 19.8. The Morgan fingerprint density at radius 2 is 1.31 bits per heavy atom. The zero-order chi connectivity index (χ0) is 24.2. The van der Waals surface area contributed by atoms with Gasteiger partial charge in [-0.05, 0) is 52.1 Å². The minimum absolute atomic E-state index is 0.0418. The van der Waals surface area contributed by atoms with E-state index >= 15 is 0 Å². The van der Waals surface area contributed by atoms with Crippen molar-refractivity contribution in [2.45, 2.75) is 13.0 Å². The van der Waals surface area contributed by atoms with Crippen LogP contribution in [0.5, 0.6) is 11.5 Å². The Bertz CT molecular complexity index is 1400. The van der Waals surface area contributed by atoms with Crippen LogP contribution in [0.2, 0.25) is 0 Å². The highest BCUT2D eigenvalue weighted by atomic mass is 16.5. The minimum atomic E-state index is -0.0418. The SMILES string of the molecule is COc1ccccc1-c1cc2c(cc1-c1ccccc1OC)CC(=O)N(Cc1ccccc1)N=C2. The molecule has 0 fully saturated rings. The number of carbonyl (C=O) groups is 1. The summed E-state index contributed by atoms with van der Waals surface area (Å²) < 4.78 is 11.4. The first-order valence-electron chi connectivity index (χ1n) is 11.5. The fraction of sp³-hybridized carbons (Fsp3) is 0.133. The van der Waals surface area contributed by atoms with Gasteiger partial charge in [-0.15, -0.1) is 0 Å². The Morgan fingerprint density at radius 1 is 0.743 bits per heavy atom. The molecule has 0 atom stereocenters. The maximum absolute atomic E-state index is 13.2. The molecule has 35 heavy (non-hydrogen) atoms. The van der Waals surface area contributed by atoms with E-state index in [1.165, 1.54) is 0 Å². The smallest absolute Gasteiger partial charge is 0.247 e. The van der Waals surface area contributed by atoms with Gasteiger partial charge in [-0.3, -0.25) is 4.79 Å². The number of rotatable bonds is 6. The molecule has 1 aliphatic rings. The van der Waals surface area contributed by atoms with Gasteiger partial charge in [0.15, 0.2) is 0 Å². The van der Waals surface area contributed by atoms with Gasteiger partial charge in [-0.1, -0.05) is 66.7 Å². The van der Waals surface area contributed by atoms with Crippen LogP contribution in [0.3, 0.4) is 0 Å². The van der Waals surface area contributed by atoms with Gasteiger partial charge in [0.2, 0.25) is 5.91 Å². The van der Waals surface area contributed by atoms with Crippen molar-refractivity contribution in [3.8, 4) is 33.8 Å². The molecular formula is C30H26N2O3. The van der Waals surface area contributed by atoms with Crippen molar-refractivity contribution in [3.63, 3.8) is 0 Å². The average Bonchev–Trinajstić information content (AvgIpc) is 3.06. The predicted molar refractivity (Wildman–Crippen MR) is 139 cm³/mol. The summed E-state index contributed by atoms with van der Waals surface area (Å²) in [6, 6.07) is 29.9. The van der Waals surface area contributed by atoms with Crippen molar-refractivity contribution in [3.05, 3.63) is 108 Å². The molecule has 0 radical (unpaired) electrons. The number of fused-ring (bicyclic) bond motifs is 1. The number of carbonyl (C=O) groups excluding carboxylic acids is 1. The summed E-state index contributed by atoms with van der Waals surface area (Å²) in [5.41, 5.74) is 6.75. The lowest BCUT2D eigenvalue weighted by Crippen LogP contribution is -2.25. The number of methoxy groups -OCH3 is 2. The maximum atomic E-state index is 13.2. The first kappa shape index (κ1) is 22.4. The molecule has 0 spiro atoms. The molecule has 5 nitrogen and oxygen atoms in total. The van der Waals surface area contributed by atoms with Crippen molar-refractivity contribution in [1.82, 2.24) is 5.01 Å². The fourth-order valence-corrected chi connectivity index (χ4v) is 4.45. The molecule has 0 N–H and O–H groups in total. The van der Waals surface area contributed by atoms with Crippen molar-refractivity contribution in [2.75, 3.05) is 14.2 Å². The first-order valence-corrected chi connectivity index (χ1v) is 11.5. The van der Waals surface area contributed by atoms with Gasteiger partial charge in [0, 0.05) is 11.1 Å². The molecule has 1 aliphatic heterocycles. The van der Waals surface area contributed by atoms with Gasteiger partial charge in [0.1, 0.15) is 11.5 Å². The summed E-state index contributed by atoms with van der Waals surface area (Å²) in [6.45, 7) is 0.433. The Kier molecular flexibility index (Phi) is 6.31. The van der Waals surface area contributed by atoms with Gasteiger partial charge < -0.3 is 9.47 Å². The number of hydrogen-bond acceptors (Lipinski definition) is 4. The molecule has 0 aliphatic carbocycles. The maximum Gasteiger partial charge on any atom is 0.247 e. The Hall–Kier alpha value is -4.38. The Labute approximate surface area is 205 Å². The molecule has 0 saturated carbocycles. The largest absolute Gasteiger partial charge is 0.496 e. The predicted octanol–water partition coefficient (Wildman–Crippen LogP) is 5.96. The number of para-hydroxylation sites is 2. The third kappa shape index (κ3) is 4.53. The van der Waals surface area contributed by atoms with E-state index in [0.29, 0.717) is 6.54 Å². The standard InChI is InChI=1S/C30H26N2O3/c1-34-28-14-8-6-12-24(28)26-16-22-18-30(33)32(20-21-10-4-3-5-11-21)31-19-23(22)17-27(26)25-13-7-9-15-29(25)35-2/h3-17,19H,18,20H2,1-2H3. The van der Waals surface area contributed by atoms with E-state index in [9.17, 15) is 4.79 Å². The number of nitrogens with zero attached hydrogens (tertiary/aromatic N) is 2. The van der Waals surface area contributed by atoms with E-state index in [1.54, 1.807) is 25.4 Å². The fourth-order valence-electron chi connectivity index (χ4n) is 4.45. The summed E-state index contributed by atoms with van der Waals surface area (Å²) in [4.78, 5) is 13.2. The molecule has 174 valence electrons.